The average Bonchev–Trinajstić information content (AvgIpc) is 3.09. The van der Waals surface area contributed by atoms with Crippen molar-refractivity contribution in [1.29, 1.82) is 0 Å². The number of nitrogens with zero attached hydrogens (tertiary/aromatic N) is 2. The first kappa shape index (κ1) is 13.6. The van der Waals surface area contributed by atoms with Crippen LogP contribution in [-0.4, -0.2) is 22.1 Å². The van der Waals surface area contributed by atoms with Crippen molar-refractivity contribution >= 4 is 17.2 Å². The molecule has 1 amide bonds. The van der Waals surface area contributed by atoms with E-state index in [2.05, 4.69) is 10.3 Å². The number of carbonyl (C=O) groups excluding carboxylic acids is 1. The van der Waals surface area contributed by atoms with E-state index in [1.807, 2.05) is 36.6 Å². The van der Waals surface area contributed by atoms with Crippen molar-refractivity contribution in [1.82, 2.24) is 9.38 Å². The second-order valence-electron chi connectivity index (χ2n) is 5.50. The summed E-state index contributed by atoms with van der Waals surface area (Å²) in [4.78, 5) is 17.1. The van der Waals surface area contributed by atoms with Gasteiger partial charge in [-0.05, 0) is 37.6 Å². The molecule has 6 nitrogen and oxygen atoms in total. The zero-order valence-corrected chi connectivity index (χ0v) is 12.8. The highest BCUT2D eigenvalue weighted by molar-refractivity contribution is 6.04. The normalized spacial score (nSPS) is 12.6. The molecule has 23 heavy (non-hydrogen) atoms. The topological polar surface area (TPSA) is 64.9 Å². The minimum atomic E-state index is -0.209. The molecule has 0 spiro atoms. The number of carbonyl (C=O) groups is 1. The largest absolute Gasteiger partial charge is 0.454 e. The van der Waals surface area contributed by atoms with E-state index in [-0.39, 0.29) is 12.7 Å². The van der Waals surface area contributed by atoms with Crippen LogP contribution in [0.25, 0.3) is 5.65 Å². The quantitative estimate of drug-likeness (QED) is 0.790. The van der Waals surface area contributed by atoms with E-state index in [1.165, 1.54) is 0 Å². The number of rotatable bonds is 2. The number of hydrogen-bond donors (Lipinski definition) is 1. The van der Waals surface area contributed by atoms with E-state index in [1.54, 1.807) is 18.2 Å². The van der Waals surface area contributed by atoms with E-state index in [0.717, 1.165) is 11.2 Å². The maximum atomic E-state index is 12.7. The number of imidazole rings is 1. The number of nitrogens with one attached hydrogen (secondary N) is 1. The molecular formula is C17H15N3O3. The van der Waals surface area contributed by atoms with Crippen LogP contribution >= 0.6 is 0 Å². The monoisotopic (exact) mass is 309 g/mol. The predicted molar refractivity (Wildman–Crippen MR) is 85.2 cm³/mol. The molecule has 0 atom stereocenters. The van der Waals surface area contributed by atoms with Gasteiger partial charge in [0, 0.05) is 18.0 Å². The summed E-state index contributed by atoms with van der Waals surface area (Å²) < 4.78 is 12.4. The Morgan fingerprint density at radius 2 is 2.00 bits per heavy atom. The van der Waals surface area contributed by atoms with E-state index < -0.39 is 0 Å². The minimum absolute atomic E-state index is 0.207. The van der Waals surface area contributed by atoms with Crippen LogP contribution < -0.4 is 14.8 Å². The molecule has 0 unspecified atom stereocenters. The molecule has 1 aliphatic rings. The van der Waals surface area contributed by atoms with Gasteiger partial charge >= 0.3 is 0 Å². The molecule has 2 aromatic heterocycles. The summed E-state index contributed by atoms with van der Waals surface area (Å²) in [5.74, 6) is 1.11. The molecule has 1 aliphatic heterocycles. The molecule has 1 N–H and O–H groups in total. The smallest absolute Gasteiger partial charge is 0.274 e. The number of pyridine rings is 1. The van der Waals surface area contributed by atoms with E-state index in [0.29, 0.717) is 28.6 Å². The molecule has 0 saturated carbocycles. The number of anilines is 1. The number of aryl methyl sites for hydroxylation is 2. The summed E-state index contributed by atoms with van der Waals surface area (Å²) in [6, 6.07) is 9.20. The highest BCUT2D eigenvalue weighted by atomic mass is 16.7. The third-order valence-corrected chi connectivity index (χ3v) is 3.79. The van der Waals surface area contributed by atoms with Crippen molar-refractivity contribution in [2.45, 2.75) is 13.8 Å². The van der Waals surface area contributed by atoms with Gasteiger partial charge in [-0.1, -0.05) is 6.07 Å². The Morgan fingerprint density at radius 3 is 2.87 bits per heavy atom. The van der Waals surface area contributed by atoms with Gasteiger partial charge in [-0.15, -0.1) is 0 Å². The zero-order chi connectivity index (χ0) is 16.0. The minimum Gasteiger partial charge on any atom is -0.454 e. The molecule has 0 saturated heterocycles. The molecular weight excluding hydrogens is 294 g/mol. The summed E-state index contributed by atoms with van der Waals surface area (Å²) in [6.07, 6.45) is 1.91. The van der Waals surface area contributed by atoms with Crippen LogP contribution in [0.2, 0.25) is 0 Å². The fraction of sp³-hybridized carbons (Fsp3) is 0.176. The van der Waals surface area contributed by atoms with E-state index in [4.69, 9.17) is 9.47 Å². The van der Waals surface area contributed by atoms with Gasteiger partial charge in [0.2, 0.25) is 6.79 Å². The van der Waals surface area contributed by atoms with Gasteiger partial charge in [0.15, 0.2) is 11.5 Å². The molecule has 0 aliphatic carbocycles. The second kappa shape index (κ2) is 5.01. The molecule has 0 bridgehead atoms. The Balaban J connectivity index is 1.69. The number of hydrogen-bond acceptors (Lipinski definition) is 4. The lowest BCUT2D eigenvalue weighted by Crippen LogP contribution is -2.15. The van der Waals surface area contributed by atoms with Crippen molar-refractivity contribution in [3.63, 3.8) is 0 Å². The molecule has 116 valence electrons. The van der Waals surface area contributed by atoms with E-state index >= 15 is 0 Å². The molecule has 0 radical (unpaired) electrons. The number of aromatic nitrogens is 2. The Labute approximate surface area is 132 Å². The Bertz CT molecular complexity index is 930. The summed E-state index contributed by atoms with van der Waals surface area (Å²) in [5, 5.41) is 2.89. The van der Waals surface area contributed by atoms with Gasteiger partial charge < -0.3 is 14.8 Å². The Kier molecular flexibility index (Phi) is 2.97. The van der Waals surface area contributed by atoms with Crippen molar-refractivity contribution < 1.29 is 14.3 Å². The van der Waals surface area contributed by atoms with Crippen LogP contribution in [0, 0.1) is 13.8 Å². The van der Waals surface area contributed by atoms with Gasteiger partial charge in [0.1, 0.15) is 11.3 Å². The fourth-order valence-corrected chi connectivity index (χ4v) is 2.71. The van der Waals surface area contributed by atoms with Gasteiger partial charge in [-0.25, -0.2) is 4.98 Å². The number of ether oxygens (including phenoxy) is 2. The fourth-order valence-electron chi connectivity index (χ4n) is 2.71. The summed E-state index contributed by atoms with van der Waals surface area (Å²) in [5.41, 5.74) is 3.69. The first-order chi connectivity index (χ1) is 11.1. The second-order valence-corrected chi connectivity index (χ2v) is 5.50. The molecule has 3 heterocycles. The molecule has 3 aromatic rings. The van der Waals surface area contributed by atoms with Crippen LogP contribution in [0.3, 0.4) is 0 Å². The van der Waals surface area contributed by atoms with Crippen LogP contribution in [0.1, 0.15) is 21.7 Å². The van der Waals surface area contributed by atoms with Crippen molar-refractivity contribution in [3.8, 4) is 11.5 Å². The third kappa shape index (κ3) is 2.28. The molecule has 0 fully saturated rings. The first-order valence-electron chi connectivity index (χ1n) is 7.28. The Hall–Kier alpha value is -3.02. The van der Waals surface area contributed by atoms with Crippen molar-refractivity contribution in [3.05, 3.63) is 53.5 Å². The predicted octanol–water partition coefficient (Wildman–Crippen LogP) is 2.93. The lowest BCUT2D eigenvalue weighted by Gasteiger charge is -2.07. The maximum absolute atomic E-state index is 12.7. The third-order valence-electron chi connectivity index (χ3n) is 3.79. The highest BCUT2D eigenvalue weighted by Gasteiger charge is 2.19. The molecule has 1 aromatic carbocycles. The van der Waals surface area contributed by atoms with Gasteiger partial charge in [-0.3, -0.25) is 9.20 Å². The van der Waals surface area contributed by atoms with Crippen molar-refractivity contribution in [2.75, 3.05) is 12.1 Å². The Morgan fingerprint density at radius 1 is 1.17 bits per heavy atom. The van der Waals surface area contributed by atoms with Gasteiger partial charge in [0.25, 0.3) is 5.91 Å². The number of amides is 1. The molecule has 4 rings (SSSR count). The SMILES string of the molecule is Cc1ccc2nc(C)c(C(=O)Nc3ccc4c(c3)OCO4)n2c1. The summed E-state index contributed by atoms with van der Waals surface area (Å²) in [7, 11) is 0. The lowest BCUT2D eigenvalue weighted by molar-refractivity contribution is 0.102. The van der Waals surface area contributed by atoms with Crippen LogP contribution in [0.15, 0.2) is 36.5 Å². The highest BCUT2D eigenvalue weighted by Crippen LogP contribution is 2.34. The summed E-state index contributed by atoms with van der Waals surface area (Å²) in [6.45, 7) is 4.02. The number of benzene rings is 1. The van der Waals surface area contributed by atoms with Crippen LogP contribution in [-0.2, 0) is 0 Å². The van der Waals surface area contributed by atoms with Gasteiger partial charge in [-0.2, -0.15) is 0 Å². The lowest BCUT2D eigenvalue weighted by atomic mass is 10.2. The maximum Gasteiger partial charge on any atom is 0.274 e. The average molecular weight is 309 g/mol. The standard InChI is InChI=1S/C17H15N3O3/c1-10-3-6-15-18-11(2)16(20(15)8-10)17(21)19-12-4-5-13-14(7-12)23-9-22-13/h3-8H,9H2,1-2H3,(H,19,21). The van der Waals surface area contributed by atoms with E-state index in [9.17, 15) is 4.79 Å². The first-order valence-corrected chi connectivity index (χ1v) is 7.28. The van der Waals surface area contributed by atoms with Crippen LogP contribution in [0.5, 0.6) is 11.5 Å². The van der Waals surface area contributed by atoms with Crippen molar-refractivity contribution in [2.24, 2.45) is 0 Å². The molecule has 6 heteroatoms. The summed E-state index contributed by atoms with van der Waals surface area (Å²) >= 11 is 0. The van der Waals surface area contributed by atoms with Crippen LogP contribution in [0.4, 0.5) is 5.69 Å². The zero-order valence-electron chi connectivity index (χ0n) is 12.8. The number of fused-ring (bicyclic) bond motifs is 2. The van der Waals surface area contributed by atoms with Gasteiger partial charge in [0.05, 0.1) is 5.69 Å².